The van der Waals surface area contributed by atoms with Crippen LogP contribution in [0.1, 0.15) is 80.6 Å². The van der Waals surface area contributed by atoms with Crippen LogP contribution in [0.2, 0.25) is 0 Å². The zero-order valence-corrected chi connectivity index (χ0v) is 18.9. The Bertz CT molecular complexity index is 667. The summed E-state index contributed by atoms with van der Waals surface area (Å²) in [7, 11) is 0. The number of rotatable bonds is 8. The Hall–Kier alpha value is -1.62. The molecule has 1 amide bonds. The van der Waals surface area contributed by atoms with E-state index in [0.29, 0.717) is 13.2 Å². The maximum atomic E-state index is 13.7. The van der Waals surface area contributed by atoms with Crippen LogP contribution in [0.5, 0.6) is 0 Å². The summed E-state index contributed by atoms with van der Waals surface area (Å²) in [6.45, 7) is 19.8. The topological polar surface area (TPSA) is 53.9 Å². The summed E-state index contributed by atoms with van der Waals surface area (Å²) in [5, 5.41) is 3.53. The third-order valence-corrected chi connectivity index (χ3v) is 5.95. The highest BCUT2D eigenvalue weighted by Gasteiger charge is 2.39. The molecule has 1 aliphatic carbocycles. The van der Waals surface area contributed by atoms with E-state index in [1.807, 2.05) is 18.7 Å². The number of carbonyl (C=O) groups excluding carboxylic acids is 1. The fourth-order valence-electron chi connectivity index (χ4n) is 4.09. The molecule has 0 bridgehead atoms. The molecular weight excluding hydrogens is 350 g/mol. The third-order valence-electron chi connectivity index (χ3n) is 5.95. The Morgan fingerprint density at radius 1 is 1.25 bits per heavy atom. The number of hydrogen-bond acceptors (Lipinski definition) is 4. The lowest BCUT2D eigenvalue weighted by Crippen LogP contribution is -2.49. The summed E-state index contributed by atoms with van der Waals surface area (Å²) in [5.41, 5.74) is 2.67. The van der Waals surface area contributed by atoms with Gasteiger partial charge in [-0.3, -0.25) is 4.79 Å². The molecule has 0 aromatic heterocycles. The second kappa shape index (κ2) is 8.81. The molecule has 1 atom stereocenters. The lowest BCUT2D eigenvalue weighted by atomic mass is 9.91. The van der Waals surface area contributed by atoms with Crippen molar-refractivity contribution in [3.05, 3.63) is 22.5 Å². The van der Waals surface area contributed by atoms with Gasteiger partial charge in [0.05, 0.1) is 5.60 Å². The largest absolute Gasteiger partial charge is 0.375 e. The van der Waals surface area contributed by atoms with Crippen molar-refractivity contribution in [2.45, 2.75) is 97.8 Å². The molecule has 5 heteroatoms. The first-order chi connectivity index (χ1) is 13.1. The van der Waals surface area contributed by atoms with Gasteiger partial charge in [-0.2, -0.15) is 0 Å². The maximum absolute atomic E-state index is 13.7. The normalized spacial score (nSPS) is 23.3. The highest BCUT2D eigenvalue weighted by Crippen LogP contribution is 2.37. The molecule has 0 aromatic carbocycles. The van der Waals surface area contributed by atoms with Crippen LogP contribution in [0.25, 0.3) is 0 Å². The van der Waals surface area contributed by atoms with Gasteiger partial charge in [0, 0.05) is 35.9 Å². The van der Waals surface area contributed by atoms with Gasteiger partial charge in [-0.05, 0) is 80.4 Å². The van der Waals surface area contributed by atoms with Crippen molar-refractivity contribution in [2.75, 3.05) is 13.2 Å². The monoisotopic (exact) mass is 389 g/mol. The summed E-state index contributed by atoms with van der Waals surface area (Å²) in [4.78, 5) is 20.0. The molecule has 1 N–H and O–H groups in total. The van der Waals surface area contributed by atoms with E-state index in [2.05, 4.69) is 51.6 Å². The smallest absolute Gasteiger partial charge is 0.254 e. The molecule has 2 fully saturated rings. The van der Waals surface area contributed by atoms with Gasteiger partial charge in [0.25, 0.3) is 5.91 Å². The quantitative estimate of drug-likeness (QED) is 0.375. The molecule has 0 aromatic rings. The number of likely N-dealkylation sites (N-methyl/N-ethyl adjacent to an activating group) is 1. The van der Waals surface area contributed by atoms with Crippen molar-refractivity contribution in [1.29, 1.82) is 0 Å². The minimum Gasteiger partial charge on any atom is -0.375 e. The van der Waals surface area contributed by atoms with E-state index in [1.54, 1.807) is 0 Å². The van der Waals surface area contributed by atoms with Crippen LogP contribution >= 0.6 is 0 Å². The van der Waals surface area contributed by atoms with Crippen LogP contribution in [-0.2, 0) is 9.53 Å². The van der Waals surface area contributed by atoms with Gasteiger partial charge < -0.3 is 15.0 Å². The van der Waals surface area contributed by atoms with Gasteiger partial charge in [-0.1, -0.05) is 12.5 Å². The number of carbonyl (C=O) groups is 1. The minimum atomic E-state index is -0.193. The molecule has 28 heavy (non-hydrogen) atoms. The van der Waals surface area contributed by atoms with Crippen LogP contribution in [-0.4, -0.2) is 47.9 Å². The van der Waals surface area contributed by atoms with E-state index >= 15 is 0 Å². The van der Waals surface area contributed by atoms with Crippen molar-refractivity contribution in [3.63, 3.8) is 0 Å². The Kier molecular flexibility index (Phi) is 7.13. The molecule has 1 heterocycles. The molecule has 1 saturated heterocycles. The van der Waals surface area contributed by atoms with Crippen molar-refractivity contribution in [1.82, 2.24) is 10.2 Å². The Balaban J connectivity index is 2.38. The lowest BCUT2D eigenvalue weighted by Gasteiger charge is -2.41. The number of nitrogens with zero attached hydrogens (tertiary/aromatic N) is 2. The molecule has 1 saturated carbocycles. The molecule has 158 valence electrons. The lowest BCUT2D eigenvalue weighted by molar-refractivity contribution is -0.135. The Morgan fingerprint density at radius 2 is 1.89 bits per heavy atom. The van der Waals surface area contributed by atoms with E-state index in [4.69, 9.17) is 4.74 Å². The van der Waals surface area contributed by atoms with E-state index in [1.165, 1.54) is 0 Å². The van der Waals surface area contributed by atoms with Crippen LogP contribution in [0.15, 0.2) is 27.5 Å². The minimum absolute atomic E-state index is 0.0852. The van der Waals surface area contributed by atoms with Gasteiger partial charge in [0.15, 0.2) is 0 Å². The van der Waals surface area contributed by atoms with Crippen molar-refractivity contribution >= 4 is 12.6 Å². The highest BCUT2D eigenvalue weighted by molar-refractivity contribution is 5.99. The predicted molar refractivity (Wildman–Crippen MR) is 116 cm³/mol. The van der Waals surface area contributed by atoms with E-state index in [-0.39, 0.29) is 23.1 Å². The third kappa shape index (κ3) is 5.25. The van der Waals surface area contributed by atoms with Gasteiger partial charge in [0.2, 0.25) is 0 Å². The van der Waals surface area contributed by atoms with Crippen LogP contribution in [0, 0.1) is 0 Å². The second-order valence-electron chi connectivity index (χ2n) is 9.25. The first-order valence-electron chi connectivity index (χ1n) is 10.7. The average Bonchev–Trinajstić information content (AvgIpc) is 3.34. The first-order valence-corrected chi connectivity index (χ1v) is 10.7. The summed E-state index contributed by atoms with van der Waals surface area (Å²) in [6, 6.07) is 0.197. The predicted octanol–water partition coefficient (Wildman–Crippen LogP) is 4.59. The number of amides is 1. The summed E-state index contributed by atoms with van der Waals surface area (Å²) in [6.07, 6.45) is 4.73. The number of nitrogens with one attached hydrogen (secondary N) is 1. The highest BCUT2D eigenvalue weighted by atomic mass is 16.5. The van der Waals surface area contributed by atoms with Crippen LogP contribution < -0.4 is 5.32 Å². The maximum Gasteiger partial charge on any atom is 0.254 e. The molecule has 0 spiro atoms. The van der Waals surface area contributed by atoms with Crippen molar-refractivity contribution in [2.24, 2.45) is 4.99 Å². The van der Waals surface area contributed by atoms with Crippen LogP contribution in [0.3, 0.4) is 0 Å². The van der Waals surface area contributed by atoms with Gasteiger partial charge in [0.1, 0.15) is 5.82 Å². The molecule has 0 radical (unpaired) electrons. The van der Waals surface area contributed by atoms with Crippen LogP contribution in [0.4, 0.5) is 0 Å². The van der Waals surface area contributed by atoms with Crippen molar-refractivity contribution < 1.29 is 9.53 Å². The zero-order chi connectivity index (χ0) is 21.1. The Morgan fingerprint density at radius 3 is 2.32 bits per heavy atom. The summed E-state index contributed by atoms with van der Waals surface area (Å²) in [5.74, 6) is 0.862. The second-order valence-corrected chi connectivity index (χ2v) is 9.25. The van der Waals surface area contributed by atoms with E-state index in [0.717, 1.165) is 54.6 Å². The number of ether oxygens (including phenoxy) is 1. The fourth-order valence-corrected chi connectivity index (χ4v) is 4.09. The SMILES string of the molecule is C=N/C(NC1(C)CC1)=C(\CC)C(C(=O)N(CC)C1CCOC(C)(C)C1)=C(C)C. The standard InChI is InChI=1S/C23H39N3O2/c1-9-18(20(24-8)25-23(7)12-13-23)19(16(3)4)21(27)26(10-2)17-11-14-28-22(5,6)15-17/h17,25H,8-15H2,1-7H3/b20-18-. The summed E-state index contributed by atoms with van der Waals surface area (Å²) < 4.78 is 5.87. The summed E-state index contributed by atoms with van der Waals surface area (Å²) >= 11 is 0. The molecule has 2 aliphatic rings. The average molecular weight is 390 g/mol. The molecule has 1 unspecified atom stereocenters. The molecule has 2 rings (SSSR count). The molecule has 5 nitrogen and oxygen atoms in total. The van der Waals surface area contributed by atoms with Crippen molar-refractivity contribution in [3.8, 4) is 0 Å². The number of aliphatic imine (C=N–C) groups is 1. The molecule has 1 aliphatic heterocycles. The fraction of sp³-hybridized carbons (Fsp3) is 0.739. The Labute approximate surface area is 171 Å². The van der Waals surface area contributed by atoms with Gasteiger partial charge in [-0.25, -0.2) is 4.99 Å². The van der Waals surface area contributed by atoms with E-state index in [9.17, 15) is 4.79 Å². The molecular formula is C23H39N3O2. The first kappa shape index (κ1) is 22.7. The number of allylic oxidation sites excluding steroid dienone is 1. The zero-order valence-electron chi connectivity index (χ0n) is 18.9. The van der Waals surface area contributed by atoms with E-state index < -0.39 is 0 Å². The van der Waals surface area contributed by atoms with Gasteiger partial charge in [-0.15, -0.1) is 0 Å². The number of hydrogen-bond donors (Lipinski definition) is 1. The van der Waals surface area contributed by atoms with Gasteiger partial charge >= 0.3 is 0 Å².